The third-order valence-electron chi connectivity index (χ3n) is 2.00. The van der Waals surface area contributed by atoms with Crippen molar-refractivity contribution in [1.82, 2.24) is 5.32 Å². The predicted molar refractivity (Wildman–Crippen MR) is 36.9 cm³/mol. The van der Waals surface area contributed by atoms with Crippen LogP contribution < -0.4 is 5.32 Å². The first kappa shape index (κ1) is 8.89. The molecule has 0 spiro atoms. The van der Waals surface area contributed by atoms with Crippen LogP contribution in [0.5, 0.6) is 0 Å². The minimum absolute atomic E-state index is 0.241. The lowest BCUT2D eigenvalue weighted by Crippen LogP contribution is -2.37. The van der Waals surface area contributed by atoms with E-state index >= 15 is 0 Å². The van der Waals surface area contributed by atoms with Crippen molar-refractivity contribution in [1.29, 1.82) is 0 Å². The average molecular weight is 163 g/mol. The molecule has 0 unspecified atom stereocenters. The molecule has 0 aliphatic carbocycles. The molecule has 1 aliphatic rings. The maximum Gasteiger partial charge on any atom is 0.0990 e. The Hall–Kier alpha value is -0.200. The van der Waals surface area contributed by atoms with Gasteiger partial charge >= 0.3 is 0 Å². The van der Waals surface area contributed by atoms with Crippen LogP contribution in [-0.4, -0.2) is 57.9 Å². The average Bonchev–Trinajstić information content (AvgIpc) is 2.30. The van der Waals surface area contributed by atoms with Crippen LogP contribution in [0.2, 0.25) is 0 Å². The molecule has 0 amide bonds. The molecule has 66 valence electrons. The van der Waals surface area contributed by atoms with Crippen molar-refractivity contribution in [2.45, 2.75) is 24.3 Å². The molecule has 5 N–H and O–H groups in total. The van der Waals surface area contributed by atoms with Crippen molar-refractivity contribution in [3.63, 3.8) is 0 Å². The lowest BCUT2D eigenvalue weighted by Gasteiger charge is -2.12. The summed E-state index contributed by atoms with van der Waals surface area (Å²) in [4.78, 5) is 0. The van der Waals surface area contributed by atoms with Crippen LogP contribution >= 0.6 is 0 Å². The quantitative estimate of drug-likeness (QED) is 0.300. The summed E-state index contributed by atoms with van der Waals surface area (Å²) in [6, 6.07) is -1.05. The molecule has 0 aromatic carbocycles. The molecule has 0 bridgehead atoms. The maximum absolute atomic E-state index is 9.18. The lowest BCUT2D eigenvalue weighted by atomic mass is 10.1. The van der Waals surface area contributed by atoms with E-state index in [0.717, 1.165) is 0 Å². The van der Waals surface area contributed by atoms with Crippen molar-refractivity contribution in [2.75, 3.05) is 13.2 Å². The second-order valence-electron chi connectivity index (χ2n) is 2.73. The van der Waals surface area contributed by atoms with E-state index in [9.17, 15) is 10.2 Å². The van der Waals surface area contributed by atoms with E-state index in [1.807, 2.05) is 0 Å². The zero-order valence-corrected chi connectivity index (χ0v) is 6.01. The smallest absolute Gasteiger partial charge is 0.0990 e. The molecule has 5 heteroatoms. The number of aliphatic hydroxyl groups excluding tert-OH is 4. The van der Waals surface area contributed by atoms with E-state index in [4.69, 9.17) is 10.2 Å². The van der Waals surface area contributed by atoms with Gasteiger partial charge in [0.1, 0.15) is 0 Å². The number of nitrogens with one attached hydrogen (secondary N) is 1. The molecule has 5 nitrogen and oxygen atoms in total. The Bertz CT molecular complexity index is 114. The monoisotopic (exact) mass is 163 g/mol. The molecule has 0 aromatic rings. The predicted octanol–water partition coefficient (Wildman–Crippen LogP) is -2.97. The van der Waals surface area contributed by atoms with Crippen molar-refractivity contribution in [3.8, 4) is 0 Å². The molecule has 0 radical (unpaired) electrons. The number of rotatable bonds is 2. The highest BCUT2D eigenvalue weighted by molar-refractivity contribution is 4.97. The fraction of sp³-hybridized carbons (Fsp3) is 1.00. The Labute approximate surface area is 64.3 Å². The summed E-state index contributed by atoms with van der Waals surface area (Å²) in [5.41, 5.74) is 0. The molecule has 4 atom stereocenters. The van der Waals surface area contributed by atoms with Crippen LogP contribution in [0.25, 0.3) is 0 Å². The van der Waals surface area contributed by atoms with Gasteiger partial charge in [0, 0.05) is 0 Å². The van der Waals surface area contributed by atoms with Gasteiger partial charge in [-0.05, 0) is 0 Å². The molecule has 1 heterocycles. The van der Waals surface area contributed by atoms with Crippen LogP contribution in [0.1, 0.15) is 0 Å². The summed E-state index contributed by atoms with van der Waals surface area (Å²) < 4.78 is 0. The third-order valence-corrected chi connectivity index (χ3v) is 2.00. The Balaban J connectivity index is 2.53. The molecular weight excluding hydrogens is 150 g/mol. The van der Waals surface area contributed by atoms with Gasteiger partial charge in [-0.25, -0.2) is 0 Å². The Morgan fingerprint density at radius 3 is 1.45 bits per heavy atom. The molecule has 0 saturated carbocycles. The van der Waals surface area contributed by atoms with Gasteiger partial charge in [0.15, 0.2) is 0 Å². The van der Waals surface area contributed by atoms with Crippen molar-refractivity contribution in [3.05, 3.63) is 0 Å². The minimum atomic E-state index is -0.989. The first-order chi connectivity index (χ1) is 5.20. The van der Waals surface area contributed by atoms with Crippen molar-refractivity contribution < 1.29 is 20.4 Å². The first-order valence-electron chi connectivity index (χ1n) is 3.54. The second kappa shape index (κ2) is 3.46. The summed E-state index contributed by atoms with van der Waals surface area (Å²) in [7, 11) is 0. The standard InChI is InChI=1S/C6H13NO4/c8-1-3-5(10)6(11)4(2-9)7-3/h3-11H,1-2H2/t3-,4-,5+,6+/m0/s1. The molecule has 0 aromatic heterocycles. The van der Waals surface area contributed by atoms with Gasteiger partial charge < -0.3 is 25.7 Å². The first-order valence-corrected chi connectivity index (χ1v) is 3.54. The summed E-state index contributed by atoms with van der Waals surface area (Å²) in [6.45, 7) is -0.483. The Kier molecular flexibility index (Phi) is 2.80. The van der Waals surface area contributed by atoms with Gasteiger partial charge in [-0.3, -0.25) is 0 Å². The van der Waals surface area contributed by atoms with Gasteiger partial charge in [-0.1, -0.05) is 0 Å². The largest absolute Gasteiger partial charge is 0.395 e. The summed E-state index contributed by atoms with van der Waals surface area (Å²) in [6.07, 6.45) is -1.98. The zero-order valence-electron chi connectivity index (χ0n) is 6.01. The summed E-state index contributed by atoms with van der Waals surface area (Å²) in [5, 5.41) is 38.3. The van der Waals surface area contributed by atoms with E-state index in [1.165, 1.54) is 0 Å². The molecule has 11 heavy (non-hydrogen) atoms. The topological polar surface area (TPSA) is 93.0 Å². The molecule has 1 fully saturated rings. The molecular formula is C6H13NO4. The van der Waals surface area contributed by atoms with Gasteiger partial charge in [-0.15, -0.1) is 0 Å². The number of aliphatic hydroxyl groups is 4. The van der Waals surface area contributed by atoms with Gasteiger partial charge in [0.05, 0.1) is 37.5 Å². The Morgan fingerprint density at radius 1 is 0.909 bits per heavy atom. The number of hydrogen-bond donors (Lipinski definition) is 5. The maximum atomic E-state index is 9.18. The highest BCUT2D eigenvalue weighted by atomic mass is 16.3. The van der Waals surface area contributed by atoms with Crippen LogP contribution in [0.4, 0.5) is 0 Å². The molecule has 1 saturated heterocycles. The summed E-state index contributed by atoms with van der Waals surface area (Å²) >= 11 is 0. The van der Waals surface area contributed by atoms with E-state index in [2.05, 4.69) is 5.32 Å². The van der Waals surface area contributed by atoms with E-state index in [-0.39, 0.29) is 13.2 Å². The van der Waals surface area contributed by atoms with Gasteiger partial charge in [-0.2, -0.15) is 0 Å². The van der Waals surface area contributed by atoms with Crippen molar-refractivity contribution in [2.24, 2.45) is 0 Å². The van der Waals surface area contributed by atoms with Gasteiger partial charge in [0.25, 0.3) is 0 Å². The van der Waals surface area contributed by atoms with Crippen molar-refractivity contribution >= 4 is 0 Å². The normalized spacial score (nSPS) is 44.7. The summed E-state index contributed by atoms with van der Waals surface area (Å²) in [5.74, 6) is 0. The molecule has 1 rings (SSSR count). The van der Waals surface area contributed by atoms with Crippen LogP contribution in [0, 0.1) is 0 Å². The SMILES string of the molecule is OC[C@@H]1N[C@@H](CO)[C@@H](O)[C@@H]1O. The van der Waals surface area contributed by atoms with Crippen LogP contribution in [0.15, 0.2) is 0 Å². The van der Waals surface area contributed by atoms with Crippen LogP contribution in [-0.2, 0) is 0 Å². The highest BCUT2D eigenvalue weighted by Gasteiger charge is 2.39. The fourth-order valence-electron chi connectivity index (χ4n) is 1.27. The van der Waals surface area contributed by atoms with E-state index in [1.54, 1.807) is 0 Å². The van der Waals surface area contributed by atoms with E-state index < -0.39 is 24.3 Å². The lowest BCUT2D eigenvalue weighted by molar-refractivity contribution is 0.0130. The van der Waals surface area contributed by atoms with E-state index in [0.29, 0.717) is 0 Å². The third kappa shape index (κ3) is 1.52. The highest BCUT2D eigenvalue weighted by Crippen LogP contribution is 2.13. The number of hydrogen-bond acceptors (Lipinski definition) is 5. The van der Waals surface area contributed by atoms with Crippen LogP contribution in [0.3, 0.4) is 0 Å². The minimum Gasteiger partial charge on any atom is -0.395 e. The molecule has 1 aliphatic heterocycles. The Morgan fingerprint density at radius 2 is 1.27 bits per heavy atom. The zero-order chi connectivity index (χ0) is 8.43. The van der Waals surface area contributed by atoms with Gasteiger partial charge in [0.2, 0.25) is 0 Å². The fourth-order valence-corrected chi connectivity index (χ4v) is 1.27. The second-order valence-corrected chi connectivity index (χ2v) is 2.73.